The van der Waals surface area contributed by atoms with Crippen molar-refractivity contribution >= 4 is 40.3 Å². The van der Waals surface area contributed by atoms with Crippen LogP contribution in [0.25, 0.3) is 16.8 Å². The lowest BCUT2D eigenvalue weighted by Crippen LogP contribution is -2.30. The Kier molecular flexibility index (Phi) is 6.45. The van der Waals surface area contributed by atoms with Gasteiger partial charge in [0.05, 0.1) is 36.4 Å². The minimum atomic E-state index is -0.794. The van der Waals surface area contributed by atoms with Gasteiger partial charge in [-0.2, -0.15) is 0 Å². The van der Waals surface area contributed by atoms with Crippen LogP contribution in [-0.2, 0) is 16.0 Å². The van der Waals surface area contributed by atoms with E-state index >= 15 is 4.39 Å². The number of ether oxygens (including phenoxy) is 2. The van der Waals surface area contributed by atoms with Gasteiger partial charge in [-0.25, -0.2) is 9.29 Å². The molecule has 0 aromatic heterocycles. The molecule has 2 amide bonds. The van der Waals surface area contributed by atoms with Gasteiger partial charge in [-0.3, -0.25) is 14.4 Å². The first-order valence-electron chi connectivity index (χ1n) is 11.1. The van der Waals surface area contributed by atoms with Crippen LogP contribution in [0, 0.1) is 5.82 Å². The van der Waals surface area contributed by atoms with E-state index in [1.165, 1.54) is 18.2 Å². The number of esters is 1. The number of rotatable bonds is 8. The highest BCUT2D eigenvalue weighted by atomic mass is 19.1. The van der Waals surface area contributed by atoms with E-state index in [4.69, 9.17) is 9.47 Å². The molecule has 1 aliphatic heterocycles. The van der Waals surface area contributed by atoms with Crippen molar-refractivity contribution in [2.75, 3.05) is 18.1 Å². The summed E-state index contributed by atoms with van der Waals surface area (Å²) in [7, 11) is 0. The van der Waals surface area contributed by atoms with Crippen LogP contribution in [0.15, 0.2) is 49.0 Å². The quantitative estimate of drug-likeness (QED) is 0.336. The molecule has 0 bridgehead atoms. The Morgan fingerprint density at radius 3 is 2.41 bits per heavy atom. The van der Waals surface area contributed by atoms with Crippen LogP contribution in [-0.4, -0.2) is 31.0 Å². The highest BCUT2D eigenvalue weighted by Crippen LogP contribution is 2.43. The Bertz CT molecular complexity index is 1330. The van der Waals surface area contributed by atoms with Gasteiger partial charge >= 0.3 is 5.97 Å². The van der Waals surface area contributed by atoms with E-state index in [-0.39, 0.29) is 29.8 Å². The third-order valence-corrected chi connectivity index (χ3v) is 5.60. The topological polar surface area (TPSA) is 72.9 Å². The number of halogens is 1. The van der Waals surface area contributed by atoms with Crippen LogP contribution >= 0.6 is 0 Å². The number of anilines is 1. The average molecular weight is 461 g/mol. The summed E-state index contributed by atoms with van der Waals surface area (Å²) < 4.78 is 26.0. The van der Waals surface area contributed by atoms with E-state index < -0.39 is 23.6 Å². The van der Waals surface area contributed by atoms with Crippen molar-refractivity contribution < 1.29 is 28.2 Å². The lowest BCUT2D eigenvalue weighted by molar-refractivity contribution is -0.142. The van der Waals surface area contributed by atoms with Crippen LogP contribution in [0.2, 0.25) is 0 Å². The summed E-state index contributed by atoms with van der Waals surface area (Å²) in [5, 5.41) is 1.40. The second-order valence-electron chi connectivity index (χ2n) is 7.80. The minimum absolute atomic E-state index is 0.0991. The predicted molar refractivity (Wildman–Crippen MR) is 128 cm³/mol. The molecule has 174 valence electrons. The van der Waals surface area contributed by atoms with Crippen LogP contribution in [0.5, 0.6) is 5.75 Å². The number of carbonyl (C=O) groups is 3. The maximum absolute atomic E-state index is 15.1. The molecule has 7 heteroatoms. The first-order chi connectivity index (χ1) is 16.4. The Morgan fingerprint density at radius 2 is 1.76 bits per heavy atom. The van der Waals surface area contributed by atoms with E-state index in [1.54, 1.807) is 6.92 Å². The third-order valence-electron chi connectivity index (χ3n) is 5.60. The van der Waals surface area contributed by atoms with Gasteiger partial charge in [0.15, 0.2) is 0 Å². The Balaban J connectivity index is 1.84. The summed E-state index contributed by atoms with van der Waals surface area (Å²) in [5.74, 6) is -2.30. The number of fused-ring (bicyclic) bond motifs is 2. The smallest absolute Gasteiger partial charge is 0.310 e. The number of hydrogen-bond donors (Lipinski definition) is 0. The fraction of sp³-hybridized carbons (Fsp3) is 0.222. The number of nitrogens with zero attached hydrogens (tertiary/aromatic N) is 1. The van der Waals surface area contributed by atoms with Gasteiger partial charge in [0.25, 0.3) is 11.8 Å². The second kappa shape index (κ2) is 9.47. The zero-order valence-corrected chi connectivity index (χ0v) is 19.0. The molecule has 3 aromatic carbocycles. The molecule has 0 saturated carbocycles. The summed E-state index contributed by atoms with van der Waals surface area (Å²) in [6.45, 7) is 8.03. The van der Waals surface area contributed by atoms with Gasteiger partial charge in [0.2, 0.25) is 0 Å². The summed E-state index contributed by atoms with van der Waals surface area (Å²) in [4.78, 5) is 39.6. The highest BCUT2D eigenvalue weighted by Gasteiger charge is 2.43. The molecule has 34 heavy (non-hydrogen) atoms. The molecule has 0 saturated heterocycles. The van der Waals surface area contributed by atoms with Crippen LogP contribution in [0.4, 0.5) is 10.1 Å². The molecule has 3 aromatic rings. The van der Waals surface area contributed by atoms with Crippen molar-refractivity contribution in [3.8, 4) is 5.75 Å². The predicted octanol–water partition coefficient (Wildman–Crippen LogP) is 5.32. The summed E-state index contributed by atoms with van der Waals surface area (Å²) >= 11 is 0. The number of imide groups is 1. The zero-order chi connectivity index (χ0) is 24.4. The maximum atomic E-state index is 15.1. The van der Waals surface area contributed by atoms with Gasteiger partial charge < -0.3 is 9.47 Å². The fourth-order valence-corrected chi connectivity index (χ4v) is 4.18. The van der Waals surface area contributed by atoms with E-state index in [2.05, 4.69) is 6.58 Å². The van der Waals surface area contributed by atoms with E-state index in [0.717, 1.165) is 16.4 Å². The standard InChI is InChI=1S/C27H24FNO5/c1-4-13-34-25-19-10-8-7-9-18(19)17(5-2)23-24(25)27(32)29(26(23)31)21-12-11-16(14-20(21)28)15-22(30)33-6-3/h5,7-12,14H,2,4,6,13,15H2,1,3H3. The molecule has 6 nitrogen and oxygen atoms in total. The molecule has 4 rings (SSSR count). The van der Waals surface area contributed by atoms with Crippen LogP contribution in [0.3, 0.4) is 0 Å². The molecule has 0 radical (unpaired) electrons. The zero-order valence-electron chi connectivity index (χ0n) is 19.0. The molecular formula is C27H24FNO5. The van der Waals surface area contributed by atoms with Gasteiger partial charge in [0.1, 0.15) is 11.6 Å². The Labute approximate surface area is 196 Å². The van der Waals surface area contributed by atoms with E-state index in [1.807, 2.05) is 31.2 Å². The number of benzene rings is 3. The SMILES string of the molecule is C=Cc1c2c(c(OCCC)c3ccccc13)C(=O)N(c1ccc(CC(=O)OCC)cc1F)C2=O. The average Bonchev–Trinajstić information content (AvgIpc) is 3.07. The molecule has 1 heterocycles. The molecule has 0 atom stereocenters. The van der Waals surface area contributed by atoms with Crippen LogP contribution in [0.1, 0.15) is 52.1 Å². The molecule has 0 N–H and O–H groups in total. The first kappa shape index (κ1) is 23.2. The lowest BCUT2D eigenvalue weighted by Gasteiger charge is -2.16. The summed E-state index contributed by atoms with van der Waals surface area (Å²) in [6.07, 6.45) is 2.11. The second-order valence-corrected chi connectivity index (χ2v) is 7.80. The largest absolute Gasteiger partial charge is 0.492 e. The van der Waals surface area contributed by atoms with E-state index in [0.29, 0.717) is 35.3 Å². The number of carbonyl (C=O) groups excluding carboxylic acids is 3. The molecule has 0 unspecified atom stereocenters. The summed E-state index contributed by atoms with van der Waals surface area (Å²) in [5.41, 5.74) is 0.914. The van der Waals surface area contributed by atoms with Crippen molar-refractivity contribution in [3.63, 3.8) is 0 Å². The number of hydrogen-bond acceptors (Lipinski definition) is 5. The molecule has 0 aliphatic carbocycles. The highest BCUT2D eigenvalue weighted by molar-refractivity contribution is 6.38. The lowest BCUT2D eigenvalue weighted by atomic mass is 9.94. The van der Waals surface area contributed by atoms with Gasteiger partial charge in [-0.05, 0) is 42.0 Å². The van der Waals surface area contributed by atoms with E-state index in [9.17, 15) is 14.4 Å². The molecule has 0 spiro atoms. The van der Waals surface area contributed by atoms with Crippen molar-refractivity contribution in [2.45, 2.75) is 26.7 Å². The Hall–Kier alpha value is -4.00. The normalized spacial score (nSPS) is 12.7. The van der Waals surface area contributed by atoms with Crippen molar-refractivity contribution in [1.82, 2.24) is 0 Å². The minimum Gasteiger partial charge on any atom is -0.492 e. The monoisotopic (exact) mass is 461 g/mol. The summed E-state index contributed by atoms with van der Waals surface area (Å²) in [6, 6.07) is 11.3. The van der Waals surface area contributed by atoms with Gasteiger partial charge in [0, 0.05) is 5.39 Å². The molecule has 1 aliphatic rings. The van der Waals surface area contributed by atoms with Crippen LogP contribution < -0.4 is 9.64 Å². The fourth-order valence-electron chi connectivity index (χ4n) is 4.18. The third kappa shape index (κ3) is 3.83. The van der Waals surface area contributed by atoms with Crippen molar-refractivity contribution in [3.05, 3.63) is 77.1 Å². The molecule has 0 fully saturated rings. The number of amides is 2. The molecular weight excluding hydrogens is 437 g/mol. The van der Waals surface area contributed by atoms with Gasteiger partial charge in [-0.15, -0.1) is 0 Å². The van der Waals surface area contributed by atoms with Crippen molar-refractivity contribution in [2.24, 2.45) is 0 Å². The maximum Gasteiger partial charge on any atom is 0.310 e. The first-order valence-corrected chi connectivity index (χ1v) is 11.1. The van der Waals surface area contributed by atoms with Crippen molar-refractivity contribution in [1.29, 1.82) is 0 Å². The van der Waals surface area contributed by atoms with Gasteiger partial charge in [-0.1, -0.05) is 49.9 Å². The Morgan fingerprint density at radius 1 is 1.06 bits per heavy atom.